The minimum atomic E-state index is -4.46. The Morgan fingerprint density at radius 2 is 2.03 bits per heavy atom. The molecular weight excluding hydrogens is 501 g/mol. The van der Waals surface area contributed by atoms with Crippen LogP contribution in [-0.4, -0.2) is 34.1 Å². The molecule has 7 nitrogen and oxygen atoms in total. The van der Waals surface area contributed by atoms with Gasteiger partial charge in [0, 0.05) is 50.5 Å². The SMILES string of the molecule is Cc1nc2c(o1)CCN(Cc1c(C(F)(F)F)ccc3c1CC[C@H]3Oc1ccc3c(c1)OC[C@H]3CC(=O)O)C2. The van der Waals surface area contributed by atoms with E-state index in [0.29, 0.717) is 67.5 Å². The molecule has 0 saturated carbocycles. The van der Waals surface area contributed by atoms with Gasteiger partial charge in [0.2, 0.25) is 0 Å². The van der Waals surface area contributed by atoms with E-state index in [1.165, 1.54) is 6.07 Å². The Morgan fingerprint density at radius 1 is 1.21 bits per heavy atom. The lowest BCUT2D eigenvalue weighted by atomic mass is 9.95. The van der Waals surface area contributed by atoms with Crippen molar-refractivity contribution in [1.82, 2.24) is 9.88 Å². The van der Waals surface area contributed by atoms with Gasteiger partial charge in [0.25, 0.3) is 0 Å². The highest BCUT2D eigenvalue weighted by molar-refractivity contribution is 5.68. The van der Waals surface area contributed by atoms with Crippen LogP contribution < -0.4 is 9.47 Å². The molecule has 0 unspecified atom stereocenters. The maximum atomic E-state index is 14.1. The van der Waals surface area contributed by atoms with E-state index in [4.69, 9.17) is 19.0 Å². The third kappa shape index (κ3) is 4.62. The molecule has 1 N–H and O–H groups in total. The number of nitrogens with zero attached hydrogens (tertiary/aromatic N) is 2. The van der Waals surface area contributed by atoms with E-state index in [1.807, 2.05) is 11.0 Å². The van der Waals surface area contributed by atoms with Crippen molar-refractivity contribution in [2.75, 3.05) is 13.2 Å². The summed E-state index contributed by atoms with van der Waals surface area (Å²) in [5.74, 6) is 1.43. The van der Waals surface area contributed by atoms with Gasteiger partial charge >= 0.3 is 12.1 Å². The lowest BCUT2D eigenvalue weighted by Crippen LogP contribution is -2.31. The molecule has 38 heavy (non-hydrogen) atoms. The number of carboxylic acids is 1. The fraction of sp³-hybridized carbons (Fsp3) is 0.429. The monoisotopic (exact) mass is 528 g/mol. The van der Waals surface area contributed by atoms with E-state index in [2.05, 4.69) is 4.98 Å². The summed E-state index contributed by atoms with van der Waals surface area (Å²) in [6.45, 7) is 3.29. The van der Waals surface area contributed by atoms with E-state index in [0.717, 1.165) is 22.6 Å². The zero-order chi connectivity index (χ0) is 26.6. The summed E-state index contributed by atoms with van der Waals surface area (Å²) in [6.07, 6.45) is -3.18. The van der Waals surface area contributed by atoms with E-state index in [-0.39, 0.29) is 25.0 Å². The topological polar surface area (TPSA) is 85.0 Å². The summed E-state index contributed by atoms with van der Waals surface area (Å²) in [6, 6.07) is 8.05. The Balaban J connectivity index is 1.25. The van der Waals surface area contributed by atoms with Gasteiger partial charge in [0.15, 0.2) is 5.89 Å². The smallest absolute Gasteiger partial charge is 0.416 e. The highest BCUT2D eigenvalue weighted by Crippen LogP contribution is 2.44. The van der Waals surface area contributed by atoms with Crippen LogP contribution in [0, 0.1) is 6.92 Å². The Hall–Kier alpha value is -3.53. The molecule has 3 heterocycles. The summed E-state index contributed by atoms with van der Waals surface area (Å²) in [7, 11) is 0. The molecule has 0 saturated heterocycles. The van der Waals surface area contributed by atoms with Gasteiger partial charge < -0.3 is 19.0 Å². The number of aliphatic carboxylic acids is 1. The molecule has 2 aliphatic heterocycles. The van der Waals surface area contributed by atoms with Crippen molar-refractivity contribution in [2.45, 2.75) is 63.9 Å². The third-order valence-electron chi connectivity index (χ3n) is 7.64. The van der Waals surface area contributed by atoms with E-state index < -0.39 is 17.7 Å². The first-order valence-corrected chi connectivity index (χ1v) is 12.7. The first kappa shape index (κ1) is 24.8. The van der Waals surface area contributed by atoms with Gasteiger partial charge in [-0.3, -0.25) is 9.69 Å². The van der Waals surface area contributed by atoms with Crippen LogP contribution in [0.5, 0.6) is 11.5 Å². The maximum absolute atomic E-state index is 14.1. The summed E-state index contributed by atoms with van der Waals surface area (Å²) < 4.78 is 59.7. The van der Waals surface area contributed by atoms with Crippen molar-refractivity contribution < 1.29 is 37.0 Å². The van der Waals surface area contributed by atoms with Gasteiger partial charge in [0.05, 0.1) is 24.3 Å². The third-order valence-corrected chi connectivity index (χ3v) is 7.64. The van der Waals surface area contributed by atoms with Crippen molar-refractivity contribution in [1.29, 1.82) is 0 Å². The molecule has 0 radical (unpaired) electrons. The molecular formula is C28H27F3N2O5. The van der Waals surface area contributed by atoms with E-state index in [1.54, 1.807) is 25.1 Å². The number of rotatable bonds is 6. The Labute approximate surface area is 217 Å². The van der Waals surface area contributed by atoms with Crippen LogP contribution in [-0.2, 0) is 36.9 Å². The molecule has 0 amide bonds. The molecule has 3 aliphatic rings. The van der Waals surface area contributed by atoms with Gasteiger partial charge in [0.1, 0.15) is 23.4 Å². The molecule has 6 rings (SSSR count). The van der Waals surface area contributed by atoms with Crippen molar-refractivity contribution in [2.24, 2.45) is 0 Å². The molecule has 0 spiro atoms. The number of oxazole rings is 1. The second-order valence-corrected chi connectivity index (χ2v) is 10.2. The van der Waals surface area contributed by atoms with Crippen molar-refractivity contribution in [3.63, 3.8) is 0 Å². The van der Waals surface area contributed by atoms with E-state index in [9.17, 15) is 18.0 Å². The molecule has 3 aromatic rings. The molecule has 2 aromatic carbocycles. The molecule has 2 atom stereocenters. The van der Waals surface area contributed by atoms with Gasteiger partial charge in [-0.25, -0.2) is 4.98 Å². The lowest BCUT2D eigenvalue weighted by molar-refractivity contribution is -0.139. The van der Waals surface area contributed by atoms with Crippen LogP contribution in [0.1, 0.15) is 70.0 Å². The molecule has 200 valence electrons. The highest BCUT2D eigenvalue weighted by Gasteiger charge is 2.38. The van der Waals surface area contributed by atoms with Crippen molar-refractivity contribution >= 4 is 5.97 Å². The molecule has 0 fully saturated rings. The molecule has 10 heteroatoms. The lowest BCUT2D eigenvalue weighted by Gasteiger charge is -2.28. The summed E-state index contributed by atoms with van der Waals surface area (Å²) >= 11 is 0. The standard InChI is InChI=1S/C28H27F3N2O5/c1-15-32-23-13-33(9-8-25(23)37-15)12-21-19-5-7-24(20(19)4-6-22(21)28(29,30)31)38-17-2-3-18-16(10-27(34)35)14-36-26(18)11-17/h2-4,6,11,16,24H,5,7-10,12-14H2,1H3,(H,34,35)/t16-,24-/m1/s1. The zero-order valence-electron chi connectivity index (χ0n) is 20.8. The van der Waals surface area contributed by atoms with Gasteiger partial charge in [-0.1, -0.05) is 12.1 Å². The second-order valence-electron chi connectivity index (χ2n) is 10.2. The number of fused-ring (bicyclic) bond motifs is 3. The number of aromatic nitrogens is 1. The maximum Gasteiger partial charge on any atom is 0.416 e. The minimum Gasteiger partial charge on any atom is -0.492 e. The van der Waals surface area contributed by atoms with Crippen LogP contribution in [0.2, 0.25) is 0 Å². The zero-order valence-corrected chi connectivity index (χ0v) is 20.8. The van der Waals surface area contributed by atoms with Crippen LogP contribution in [0.3, 0.4) is 0 Å². The van der Waals surface area contributed by atoms with Crippen LogP contribution in [0.25, 0.3) is 0 Å². The fourth-order valence-corrected chi connectivity index (χ4v) is 5.92. The summed E-state index contributed by atoms with van der Waals surface area (Å²) in [4.78, 5) is 17.5. The van der Waals surface area contributed by atoms with Gasteiger partial charge in [-0.05, 0) is 41.7 Å². The molecule has 0 bridgehead atoms. The minimum absolute atomic E-state index is 0.0118. The van der Waals surface area contributed by atoms with Gasteiger partial charge in [-0.2, -0.15) is 13.2 Å². The normalized spacial score (nSPS) is 20.5. The first-order valence-electron chi connectivity index (χ1n) is 12.7. The Kier molecular flexibility index (Phi) is 6.09. The molecule has 1 aliphatic carbocycles. The van der Waals surface area contributed by atoms with Crippen molar-refractivity contribution in [3.05, 3.63) is 75.5 Å². The van der Waals surface area contributed by atoms with E-state index >= 15 is 0 Å². The van der Waals surface area contributed by atoms with Gasteiger partial charge in [-0.15, -0.1) is 0 Å². The van der Waals surface area contributed by atoms with Crippen molar-refractivity contribution in [3.8, 4) is 11.5 Å². The number of halogens is 3. The Bertz CT molecular complexity index is 1400. The number of ether oxygens (including phenoxy) is 2. The highest BCUT2D eigenvalue weighted by atomic mass is 19.4. The molecule has 1 aromatic heterocycles. The fourth-order valence-electron chi connectivity index (χ4n) is 5.92. The number of hydrogen-bond donors (Lipinski definition) is 1. The van der Waals surface area contributed by atoms with Crippen LogP contribution >= 0.6 is 0 Å². The largest absolute Gasteiger partial charge is 0.492 e. The predicted octanol–water partition coefficient (Wildman–Crippen LogP) is 5.58. The predicted molar refractivity (Wildman–Crippen MR) is 129 cm³/mol. The number of aryl methyl sites for hydroxylation is 1. The second kappa shape index (κ2) is 9.34. The quantitative estimate of drug-likeness (QED) is 0.447. The number of alkyl halides is 3. The number of benzene rings is 2. The average Bonchev–Trinajstić information content (AvgIpc) is 3.54. The number of carbonyl (C=O) groups is 1. The Morgan fingerprint density at radius 3 is 2.82 bits per heavy atom. The summed E-state index contributed by atoms with van der Waals surface area (Å²) in [5.41, 5.74) is 2.79. The van der Waals surface area contributed by atoms with Crippen LogP contribution in [0.4, 0.5) is 13.2 Å². The number of hydrogen-bond acceptors (Lipinski definition) is 6. The number of carboxylic acid groups (broad SMARTS) is 1. The average molecular weight is 529 g/mol. The summed E-state index contributed by atoms with van der Waals surface area (Å²) in [5, 5.41) is 9.12. The van der Waals surface area contributed by atoms with Crippen LogP contribution in [0.15, 0.2) is 34.7 Å². The first-order chi connectivity index (χ1) is 18.2.